The quantitative estimate of drug-likeness (QED) is 0.716. The van der Waals surface area contributed by atoms with Crippen LogP contribution in [0.4, 0.5) is 13.2 Å². The molecule has 0 heterocycles. The van der Waals surface area contributed by atoms with Crippen molar-refractivity contribution in [2.45, 2.75) is 26.4 Å². The Morgan fingerprint density at radius 3 is 2.47 bits per heavy atom. The molecule has 1 amide bonds. The second-order valence-electron chi connectivity index (χ2n) is 3.36. The second kappa shape index (κ2) is 6.66. The molecule has 0 fully saturated rings. The summed E-state index contributed by atoms with van der Waals surface area (Å²) in [7, 11) is 0. The van der Waals surface area contributed by atoms with Crippen molar-refractivity contribution in [3.8, 4) is 0 Å². The van der Waals surface area contributed by atoms with E-state index < -0.39 is 12.6 Å². The molecule has 0 bridgehead atoms. The van der Waals surface area contributed by atoms with Crippen LogP contribution >= 0.6 is 0 Å². The number of alkyl halides is 3. The fraction of sp³-hybridized carbons (Fsp3) is 0.889. The molecule has 0 aromatic heterocycles. The maximum atomic E-state index is 11.7. The summed E-state index contributed by atoms with van der Waals surface area (Å²) < 4.78 is 35.2. The number of carbonyl (C=O) groups is 1. The molecule has 1 atom stereocenters. The zero-order valence-electron chi connectivity index (χ0n) is 8.95. The van der Waals surface area contributed by atoms with E-state index in [9.17, 15) is 18.0 Å². The molecule has 0 saturated carbocycles. The van der Waals surface area contributed by atoms with Crippen molar-refractivity contribution < 1.29 is 18.0 Å². The Balaban J connectivity index is 3.64. The van der Waals surface area contributed by atoms with E-state index in [2.05, 4.69) is 10.6 Å². The van der Waals surface area contributed by atoms with Crippen LogP contribution < -0.4 is 10.6 Å². The van der Waals surface area contributed by atoms with Crippen LogP contribution in [-0.2, 0) is 4.79 Å². The van der Waals surface area contributed by atoms with Gasteiger partial charge >= 0.3 is 6.18 Å². The molecule has 0 spiro atoms. The van der Waals surface area contributed by atoms with Gasteiger partial charge in [-0.2, -0.15) is 13.2 Å². The molecule has 0 aliphatic carbocycles. The maximum absolute atomic E-state index is 11.7. The predicted octanol–water partition coefficient (Wildman–Crippen LogP) is 1.30. The third-order valence-corrected chi connectivity index (χ3v) is 1.86. The molecule has 15 heavy (non-hydrogen) atoms. The van der Waals surface area contributed by atoms with E-state index in [1.54, 1.807) is 6.92 Å². The van der Waals surface area contributed by atoms with Crippen LogP contribution in [0.3, 0.4) is 0 Å². The van der Waals surface area contributed by atoms with Gasteiger partial charge in [0.2, 0.25) is 5.91 Å². The van der Waals surface area contributed by atoms with Crippen molar-refractivity contribution in [1.29, 1.82) is 0 Å². The van der Waals surface area contributed by atoms with Gasteiger partial charge < -0.3 is 10.6 Å². The summed E-state index contributed by atoms with van der Waals surface area (Å²) in [6.45, 7) is 4.44. The number of halogens is 3. The highest BCUT2D eigenvalue weighted by molar-refractivity contribution is 5.78. The Morgan fingerprint density at radius 1 is 1.40 bits per heavy atom. The fourth-order valence-corrected chi connectivity index (χ4v) is 0.955. The summed E-state index contributed by atoms with van der Waals surface area (Å²) in [5.41, 5.74) is 0. The van der Waals surface area contributed by atoms with E-state index in [-0.39, 0.29) is 18.4 Å². The van der Waals surface area contributed by atoms with Crippen LogP contribution in [0, 0.1) is 5.92 Å². The largest absolute Gasteiger partial charge is 0.390 e. The van der Waals surface area contributed by atoms with Crippen LogP contribution in [0.2, 0.25) is 0 Å². The van der Waals surface area contributed by atoms with E-state index in [0.29, 0.717) is 6.54 Å². The predicted molar refractivity (Wildman–Crippen MR) is 51.4 cm³/mol. The van der Waals surface area contributed by atoms with Crippen molar-refractivity contribution in [2.24, 2.45) is 5.92 Å². The molecule has 0 aromatic carbocycles. The molecular formula is C9H17F3N2O. The average molecular weight is 226 g/mol. The summed E-state index contributed by atoms with van der Waals surface area (Å²) in [5.74, 6) is -0.654. The Hall–Kier alpha value is -0.780. The van der Waals surface area contributed by atoms with Crippen molar-refractivity contribution in [3.05, 3.63) is 0 Å². The highest BCUT2D eigenvalue weighted by atomic mass is 19.4. The van der Waals surface area contributed by atoms with Crippen LogP contribution in [0.1, 0.15) is 20.3 Å². The third-order valence-electron chi connectivity index (χ3n) is 1.86. The number of carbonyl (C=O) groups excluding carboxylic acids is 1. The van der Waals surface area contributed by atoms with Crippen molar-refractivity contribution in [3.63, 3.8) is 0 Å². The molecule has 0 saturated heterocycles. The fourth-order valence-electron chi connectivity index (χ4n) is 0.955. The second-order valence-corrected chi connectivity index (χ2v) is 3.36. The Kier molecular flexibility index (Phi) is 6.31. The van der Waals surface area contributed by atoms with Gasteiger partial charge in [0.15, 0.2) is 0 Å². The van der Waals surface area contributed by atoms with Gasteiger partial charge in [0.05, 0.1) is 6.42 Å². The van der Waals surface area contributed by atoms with E-state index in [4.69, 9.17) is 0 Å². The SMILES string of the molecule is CCNCC(C)C(=O)NCCC(F)(F)F. The van der Waals surface area contributed by atoms with E-state index in [0.717, 1.165) is 6.54 Å². The number of hydrogen-bond donors (Lipinski definition) is 2. The minimum Gasteiger partial charge on any atom is -0.355 e. The highest BCUT2D eigenvalue weighted by Gasteiger charge is 2.26. The lowest BCUT2D eigenvalue weighted by Crippen LogP contribution is -2.36. The minimum atomic E-state index is -4.21. The number of amides is 1. The molecule has 0 aromatic rings. The summed E-state index contributed by atoms with van der Waals surface area (Å²) in [4.78, 5) is 11.2. The van der Waals surface area contributed by atoms with Crippen LogP contribution in [0.5, 0.6) is 0 Å². The van der Waals surface area contributed by atoms with Crippen molar-refractivity contribution in [1.82, 2.24) is 10.6 Å². The molecule has 90 valence electrons. The van der Waals surface area contributed by atoms with E-state index in [1.165, 1.54) is 0 Å². The summed E-state index contributed by atoms with van der Waals surface area (Å²) in [6.07, 6.45) is -5.19. The Labute approximate surface area is 87.4 Å². The van der Waals surface area contributed by atoms with Crippen LogP contribution in [-0.4, -0.2) is 31.7 Å². The molecule has 0 aliphatic rings. The summed E-state index contributed by atoms with van der Waals surface area (Å²) in [6, 6.07) is 0. The molecule has 0 radical (unpaired) electrons. The number of nitrogens with one attached hydrogen (secondary N) is 2. The monoisotopic (exact) mass is 226 g/mol. The molecule has 2 N–H and O–H groups in total. The molecule has 1 unspecified atom stereocenters. The van der Waals surface area contributed by atoms with E-state index >= 15 is 0 Å². The maximum Gasteiger partial charge on any atom is 0.390 e. The van der Waals surface area contributed by atoms with Crippen molar-refractivity contribution in [2.75, 3.05) is 19.6 Å². The standard InChI is InChI=1S/C9H17F3N2O/c1-3-13-6-7(2)8(15)14-5-4-9(10,11)12/h7,13H,3-6H2,1-2H3,(H,14,15). The van der Waals surface area contributed by atoms with Gasteiger partial charge in [-0.05, 0) is 6.54 Å². The molecule has 0 aliphatic heterocycles. The van der Waals surface area contributed by atoms with Gasteiger partial charge in [0.25, 0.3) is 0 Å². The Bertz CT molecular complexity index is 194. The first-order valence-corrected chi connectivity index (χ1v) is 4.92. The first-order chi connectivity index (χ1) is 6.87. The van der Waals surface area contributed by atoms with Gasteiger partial charge in [-0.15, -0.1) is 0 Å². The van der Waals surface area contributed by atoms with Crippen LogP contribution in [0.15, 0.2) is 0 Å². The zero-order valence-corrected chi connectivity index (χ0v) is 8.95. The number of rotatable bonds is 6. The molecule has 0 rings (SSSR count). The van der Waals surface area contributed by atoms with Crippen LogP contribution in [0.25, 0.3) is 0 Å². The first-order valence-electron chi connectivity index (χ1n) is 4.92. The van der Waals surface area contributed by atoms with Gasteiger partial charge in [0, 0.05) is 19.0 Å². The number of hydrogen-bond acceptors (Lipinski definition) is 2. The van der Waals surface area contributed by atoms with Gasteiger partial charge in [-0.25, -0.2) is 0 Å². The molecule has 6 heteroatoms. The minimum absolute atomic E-state index is 0.307. The van der Waals surface area contributed by atoms with E-state index in [1.807, 2.05) is 6.92 Å². The third kappa shape index (κ3) is 8.23. The van der Waals surface area contributed by atoms with Gasteiger partial charge in [0.1, 0.15) is 0 Å². The van der Waals surface area contributed by atoms with Gasteiger partial charge in [-0.3, -0.25) is 4.79 Å². The lowest BCUT2D eigenvalue weighted by Gasteiger charge is -2.13. The van der Waals surface area contributed by atoms with Gasteiger partial charge in [-0.1, -0.05) is 13.8 Å². The topological polar surface area (TPSA) is 41.1 Å². The zero-order chi connectivity index (χ0) is 11.9. The summed E-state index contributed by atoms with van der Waals surface area (Å²) in [5, 5.41) is 5.20. The smallest absolute Gasteiger partial charge is 0.355 e. The first kappa shape index (κ1) is 14.2. The normalized spacial score (nSPS) is 13.7. The highest BCUT2D eigenvalue weighted by Crippen LogP contribution is 2.18. The lowest BCUT2D eigenvalue weighted by molar-refractivity contribution is -0.136. The average Bonchev–Trinajstić information content (AvgIpc) is 2.11. The molecule has 3 nitrogen and oxygen atoms in total. The molecular weight excluding hydrogens is 209 g/mol. The summed E-state index contributed by atoms with van der Waals surface area (Å²) >= 11 is 0. The van der Waals surface area contributed by atoms with Crippen molar-refractivity contribution >= 4 is 5.91 Å². The Morgan fingerprint density at radius 2 is 2.00 bits per heavy atom. The lowest BCUT2D eigenvalue weighted by atomic mass is 10.1.